The lowest BCUT2D eigenvalue weighted by Gasteiger charge is -2.07. The number of thioether (sulfide) groups is 1. The van der Waals surface area contributed by atoms with E-state index >= 15 is 0 Å². The molecule has 0 aliphatic rings. The predicted molar refractivity (Wildman–Crippen MR) is 82.1 cm³/mol. The van der Waals surface area contributed by atoms with Gasteiger partial charge in [0, 0.05) is 36.1 Å². The molecule has 19 heavy (non-hydrogen) atoms. The van der Waals surface area contributed by atoms with Crippen LogP contribution in [0.3, 0.4) is 0 Å². The Kier molecular flexibility index (Phi) is 8.30. The van der Waals surface area contributed by atoms with Crippen LogP contribution in [0.4, 0.5) is 0 Å². The largest absolute Gasteiger partial charge is 0.385 e. The molecule has 0 aliphatic carbocycles. The summed E-state index contributed by atoms with van der Waals surface area (Å²) in [6.07, 6.45) is 0.823. The Morgan fingerprint density at radius 3 is 2.68 bits per heavy atom. The molecule has 106 valence electrons. The third-order valence-corrected chi connectivity index (χ3v) is 4.06. The molecule has 0 heterocycles. The molecule has 0 spiro atoms. The van der Waals surface area contributed by atoms with E-state index in [0.717, 1.165) is 12.0 Å². The van der Waals surface area contributed by atoms with Crippen molar-refractivity contribution in [3.05, 3.63) is 33.8 Å². The monoisotopic (exact) mass is 321 g/mol. The molecule has 0 atom stereocenters. The summed E-state index contributed by atoms with van der Waals surface area (Å²) in [6, 6.07) is 5.41. The lowest BCUT2D eigenvalue weighted by Crippen LogP contribution is -2.26. The number of carbonyl (C=O) groups excluding carboxylic acids is 1. The second-order valence-electron chi connectivity index (χ2n) is 3.89. The first-order chi connectivity index (χ1) is 9.15. The summed E-state index contributed by atoms with van der Waals surface area (Å²) in [6.45, 7) is 1.29. The summed E-state index contributed by atoms with van der Waals surface area (Å²) in [5.41, 5.74) is 0.878. The molecule has 1 rings (SSSR count). The maximum Gasteiger partial charge on any atom is 0.230 e. The number of hydrogen-bond acceptors (Lipinski definition) is 3. The van der Waals surface area contributed by atoms with Crippen molar-refractivity contribution in [2.75, 3.05) is 26.0 Å². The molecule has 0 radical (unpaired) electrons. The van der Waals surface area contributed by atoms with E-state index in [1.54, 1.807) is 25.3 Å². The Morgan fingerprint density at radius 1 is 1.37 bits per heavy atom. The molecule has 0 unspecified atom stereocenters. The number of amides is 1. The molecule has 0 saturated carbocycles. The van der Waals surface area contributed by atoms with E-state index < -0.39 is 0 Å². The van der Waals surface area contributed by atoms with Crippen molar-refractivity contribution in [1.29, 1.82) is 0 Å². The molecule has 1 amide bonds. The number of nitrogens with one attached hydrogen (secondary N) is 1. The van der Waals surface area contributed by atoms with Gasteiger partial charge in [-0.15, -0.1) is 11.8 Å². The summed E-state index contributed by atoms with van der Waals surface area (Å²) in [5.74, 6) is 1.04. The van der Waals surface area contributed by atoms with E-state index in [2.05, 4.69) is 5.32 Å². The molecule has 0 aromatic heterocycles. The van der Waals surface area contributed by atoms with Gasteiger partial charge in [0.2, 0.25) is 5.91 Å². The minimum Gasteiger partial charge on any atom is -0.385 e. The van der Waals surface area contributed by atoms with Crippen molar-refractivity contribution in [2.45, 2.75) is 12.2 Å². The van der Waals surface area contributed by atoms with E-state index in [1.807, 2.05) is 0 Å². The highest BCUT2D eigenvalue weighted by molar-refractivity contribution is 7.99. The van der Waals surface area contributed by atoms with Gasteiger partial charge in [0.05, 0.1) is 5.75 Å². The predicted octanol–water partition coefficient (Wildman–Crippen LogP) is 3.38. The fourth-order valence-electron chi connectivity index (χ4n) is 1.41. The summed E-state index contributed by atoms with van der Waals surface area (Å²) in [4.78, 5) is 11.5. The zero-order chi connectivity index (χ0) is 14.1. The van der Waals surface area contributed by atoms with Crippen molar-refractivity contribution in [2.24, 2.45) is 0 Å². The van der Waals surface area contributed by atoms with Crippen LogP contribution < -0.4 is 5.32 Å². The fourth-order valence-corrected chi connectivity index (χ4v) is 3.01. The van der Waals surface area contributed by atoms with Crippen LogP contribution in [-0.2, 0) is 15.3 Å². The number of carbonyl (C=O) groups is 1. The third kappa shape index (κ3) is 6.52. The molecular weight excluding hydrogens is 305 g/mol. The van der Waals surface area contributed by atoms with E-state index in [9.17, 15) is 4.79 Å². The van der Waals surface area contributed by atoms with Crippen molar-refractivity contribution in [3.63, 3.8) is 0 Å². The Bertz CT molecular complexity index is 395. The van der Waals surface area contributed by atoms with Crippen LogP contribution in [0.2, 0.25) is 10.0 Å². The third-order valence-electron chi connectivity index (χ3n) is 2.39. The van der Waals surface area contributed by atoms with Gasteiger partial charge in [0.15, 0.2) is 0 Å². The lowest BCUT2D eigenvalue weighted by atomic mass is 10.2. The number of ether oxygens (including phenoxy) is 1. The topological polar surface area (TPSA) is 38.3 Å². The minimum absolute atomic E-state index is 0.0179. The number of rotatable bonds is 8. The lowest BCUT2D eigenvalue weighted by molar-refractivity contribution is -0.118. The van der Waals surface area contributed by atoms with Crippen LogP contribution in [0.5, 0.6) is 0 Å². The number of benzene rings is 1. The van der Waals surface area contributed by atoms with Crippen molar-refractivity contribution in [1.82, 2.24) is 5.32 Å². The Hall–Kier alpha value is -0.420. The van der Waals surface area contributed by atoms with Gasteiger partial charge in [-0.25, -0.2) is 0 Å². The number of methoxy groups -OCH3 is 1. The maximum atomic E-state index is 11.5. The van der Waals surface area contributed by atoms with Gasteiger partial charge in [0.1, 0.15) is 0 Å². The molecule has 0 aliphatic heterocycles. The van der Waals surface area contributed by atoms with Crippen LogP contribution in [0.15, 0.2) is 18.2 Å². The molecule has 1 N–H and O–H groups in total. The van der Waals surface area contributed by atoms with Crippen molar-refractivity contribution < 1.29 is 9.53 Å². The SMILES string of the molecule is COCCCNC(=O)CSCc1c(Cl)cccc1Cl. The average Bonchev–Trinajstić information content (AvgIpc) is 2.38. The molecule has 0 fully saturated rings. The number of hydrogen-bond donors (Lipinski definition) is 1. The molecule has 0 saturated heterocycles. The first-order valence-electron chi connectivity index (χ1n) is 5.91. The van der Waals surface area contributed by atoms with Crippen LogP contribution >= 0.6 is 35.0 Å². The molecule has 3 nitrogen and oxygen atoms in total. The van der Waals surface area contributed by atoms with Gasteiger partial charge in [-0.3, -0.25) is 4.79 Å². The Labute approximate surface area is 128 Å². The van der Waals surface area contributed by atoms with Crippen LogP contribution in [0.1, 0.15) is 12.0 Å². The van der Waals surface area contributed by atoms with E-state index in [-0.39, 0.29) is 5.91 Å². The van der Waals surface area contributed by atoms with Gasteiger partial charge < -0.3 is 10.1 Å². The highest BCUT2D eigenvalue weighted by Crippen LogP contribution is 2.27. The summed E-state index contributed by atoms with van der Waals surface area (Å²) in [5, 5.41) is 4.11. The summed E-state index contributed by atoms with van der Waals surface area (Å²) < 4.78 is 4.90. The minimum atomic E-state index is 0.0179. The molecule has 1 aromatic carbocycles. The highest BCUT2D eigenvalue weighted by atomic mass is 35.5. The van der Waals surface area contributed by atoms with Crippen molar-refractivity contribution >= 4 is 40.9 Å². The Balaban J connectivity index is 2.24. The normalized spacial score (nSPS) is 10.5. The zero-order valence-electron chi connectivity index (χ0n) is 10.7. The van der Waals surface area contributed by atoms with Crippen LogP contribution in [-0.4, -0.2) is 31.9 Å². The Morgan fingerprint density at radius 2 is 2.05 bits per heavy atom. The van der Waals surface area contributed by atoms with Gasteiger partial charge >= 0.3 is 0 Å². The molecular formula is C13H17Cl2NO2S. The fraction of sp³-hybridized carbons (Fsp3) is 0.462. The first kappa shape index (κ1) is 16.6. The molecule has 1 aromatic rings. The second-order valence-corrected chi connectivity index (χ2v) is 5.69. The second kappa shape index (κ2) is 9.48. The quantitative estimate of drug-likeness (QED) is 0.746. The van der Waals surface area contributed by atoms with Crippen LogP contribution in [0, 0.1) is 0 Å². The van der Waals surface area contributed by atoms with Gasteiger partial charge in [-0.2, -0.15) is 0 Å². The maximum absolute atomic E-state index is 11.5. The van der Waals surface area contributed by atoms with Crippen molar-refractivity contribution in [3.8, 4) is 0 Å². The van der Waals surface area contributed by atoms with Gasteiger partial charge in [-0.05, 0) is 24.1 Å². The van der Waals surface area contributed by atoms with E-state index in [0.29, 0.717) is 34.7 Å². The smallest absolute Gasteiger partial charge is 0.230 e. The van der Waals surface area contributed by atoms with E-state index in [1.165, 1.54) is 11.8 Å². The van der Waals surface area contributed by atoms with Crippen LogP contribution in [0.25, 0.3) is 0 Å². The van der Waals surface area contributed by atoms with Gasteiger partial charge in [0.25, 0.3) is 0 Å². The standard InChI is InChI=1S/C13H17Cl2NO2S/c1-18-7-3-6-16-13(17)9-19-8-10-11(14)4-2-5-12(10)15/h2,4-5H,3,6-9H2,1H3,(H,16,17). The highest BCUT2D eigenvalue weighted by Gasteiger charge is 2.07. The summed E-state index contributed by atoms with van der Waals surface area (Å²) >= 11 is 13.6. The molecule has 6 heteroatoms. The number of halogens is 2. The average molecular weight is 322 g/mol. The van der Waals surface area contributed by atoms with E-state index in [4.69, 9.17) is 27.9 Å². The van der Waals surface area contributed by atoms with Gasteiger partial charge in [-0.1, -0.05) is 29.3 Å². The molecule has 0 bridgehead atoms. The zero-order valence-corrected chi connectivity index (χ0v) is 13.1. The first-order valence-corrected chi connectivity index (χ1v) is 7.82. The summed E-state index contributed by atoms with van der Waals surface area (Å²) in [7, 11) is 1.64.